The summed E-state index contributed by atoms with van der Waals surface area (Å²) in [7, 11) is 0. The van der Waals surface area contributed by atoms with Crippen LogP contribution in [-0.4, -0.2) is 46.2 Å². The van der Waals surface area contributed by atoms with Crippen LogP contribution in [0.3, 0.4) is 0 Å². The Labute approximate surface area is 125 Å². The van der Waals surface area contributed by atoms with Gasteiger partial charge in [-0.2, -0.15) is 0 Å². The van der Waals surface area contributed by atoms with Crippen molar-refractivity contribution in [3.8, 4) is 0 Å². The second kappa shape index (κ2) is 5.13. The fraction of sp³-hybridized carbons (Fsp3) is 0.750. The lowest BCUT2D eigenvalue weighted by Crippen LogP contribution is -2.52. The van der Waals surface area contributed by atoms with Crippen molar-refractivity contribution in [3.05, 3.63) is 17.7 Å². The Hall–Kier alpha value is -1.36. The molecule has 5 nitrogen and oxygen atoms in total. The number of aromatic nitrogens is 2. The maximum atomic E-state index is 12.3. The third-order valence-corrected chi connectivity index (χ3v) is 4.99. The first-order valence-corrected chi connectivity index (χ1v) is 8.15. The Kier molecular flexibility index (Phi) is 3.25. The van der Waals surface area contributed by atoms with E-state index in [2.05, 4.69) is 16.5 Å². The smallest absolute Gasteiger partial charge is 0.251 e. The fourth-order valence-corrected chi connectivity index (χ4v) is 3.40. The van der Waals surface area contributed by atoms with Gasteiger partial charge in [-0.05, 0) is 38.5 Å². The number of hydrogen-bond acceptors (Lipinski definition) is 3. The first-order chi connectivity index (χ1) is 10.2. The standard InChI is InChI=1S/C16H23N3O2/c1-11-7-17-15(19(11)8-12-4-5-12)13-9-18(10-13)16(20)14-3-2-6-21-14/h7,12-14H,2-6,8-10H2,1H3. The molecule has 0 spiro atoms. The molecule has 0 N–H and O–H groups in total. The first kappa shape index (κ1) is 13.3. The largest absolute Gasteiger partial charge is 0.368 e. The van der Waals surface area contributed by atoms with Gasteiger partial charge in [-0.1, -0.05) is 0 Å². The summed E-state index contributed by atoms with van der Waals surface area (Å²) in [6.45, 7) is 5.59. The van der Waals surface area contributed by atoms with Crippen LogP contribution in [0, 0.1) is 12.8 Å². The molecule has 1 amide bonds. The molecule has 21 heavy (non-hydrogen) atoms. The van der Waals surface area contributed by atoms with Crippen LogP contribution in [0.2, 0.25) is 0 Å². The predicted molar refractivity (Wildman–Crippen MR) is 78.0 cm³/mol. The van der Waals surface area contributed by atoms with E-state index in [9.17, 15) is 4.79 Å². The lowest BCUT2D eigenvalue weighted by molar-refractivity contribution is -0.145. The maximum absolute atomic E-state index is 12.3. The zero-order valence-corrected chi connectivity index (χ0v) is 12.6. The summed E-state index contributed by atoms with van der Waals surface area (Å²) >= 11 is 0. The van der Waals surface area contributed by atoms with Crippen molar-refractivity contribution >= 4 is 5.91 Å². The molecule has 1 aromatic heterocycles. The minimum absolute atomic E-state index is 0.181. The van der Waals surface area contributed by atoms with Crippen molar-refractivity contribution in [1.82, 2.24) is 14.5 Å². The summed E-state index contributed by atoms with van der Waals surface area (Å²) in [5.41, 5.74) is 1.25. The molecule has 1 atom stereocenters. The van der Waals surface area contributed by atoms with Crippen molar-refractivity contribution in [2.75, 3.05) is 19.7 Å². The van der Waals surface area contributed by atoms with Crippen LogP contribution < -0.4 is 0 Å². The van der Waals surface area contributed by atoms with Crippen LogP contribution in [0.4, 0.5) is 0 Å². The Bertz CT molecular complexity index is 538. The van der Waals surface area contributed by atoms with Gasteiger partial charge >= 0.3 is 0 Å². The molecular formula is C16H23N3O2. The predicted octanol–water partition coefficient (Wildman–Crippen LogP) is 1.71. The Balaban J connectivity index is 1.39. The number of aryl methyl sites for hydroxylation is 1. The normalized spacial score (nSPS) is 26.1. The Morgan fingerprint density at radius 3 is 2.86 bits per heavy atom. The van der Waals surface area contributed by atoms with Gasteiger partial charge in [-0.25, -0.2) is 4.98 Å². The Morgan fingerprint density at radius 2 is 2.19 bits per heavy atom. The maximum Gasteiger partial charge on any atom is 0.251 e. The zero-order chi connectivity index (χ0) is 14.4. The summed E-state index contributed by atoms with van der Waals surface area (Å²) in [5, 5.41) is 0. The molecule has 0 aromatic carbocycles. The number of amides is 1. The van der Waals surface area contributed by atoms with Crippen LogP contribution in [0.5, 0.6) is 0 Å². The number of nitrogens with zero attached hydrogens (tertiary/aromatic N) is 3. The van der Waals surface area contributed by atoms with E-state index in [-0.39, 0.29) is 12.0 Å². The number of carbonyl (C=O) groups excluding carboxylic acids is 1. The monoisotopic (exact) mass is 289 g/mol. The van der Waals surface area contributed by atoms with E-state index in [1.165, 1.54) is 24.4 Å². The van der Waals surface area contributed by atoms with Crippen molar-refractivity contribution < 1.29 is 9.53 Å². The fourth-order valence-electron chi connectivity index (χ4n) is 3.40. The van der Waals surface area contributed by atoms with Crippen LogP contribution in [0.25, 0.3) is 0 Å². The lowest BCUT2D eigenvalue weighted by Gasteiger charge is -2.40. The molecule has 1 unspecified atom stereocenters. The topological polar surface area (TPSA) is 47.4 Å². The van der Waals surface area contributed by atoms with Crippen molar-refractivity contribution in [1.29, 1.82) is 0 Å². The van der Waals surface area contributed by atoms with Crippen LogP contribution in [0.15, 0.2) is 6.20 Å². The minimum atomic E-state index is -0.182. The summed E-state index contributed by atoms with van der Waals surface area (Å²) in [4.78, 5) is 18.8. The molecule has 0 bridgehead atoms. The minimum Gasteiger partial charge on any atom is -0.368 e. The summed E-state index contributed by atoms with van der Waals surface area (Å²) in [5.74, 6) is 2.61. The van der Waals surface area contributed by atoms with Gasteiger partial charge in [-0.3, -0.25) is 4.79 Å². The molecule has 1 aromatic rings. The quantitative estimate of drug-likeness (QED) is 0.847. The molecule has 114 valence electrons. The molecule has 0 radical (unpaired) electrons. The second-order valence-corrected chi connectivity index (χ2v) is 6.75. The number of carbonyl (C=O) groups is 1. The molecule has 3 aliphatic rings. The van der Waals surface area contributed by atoms with Crippen LogP contribution >= 0.6 is 0 Å². The third kappa shape index (κ3) is 2.48. The highest BCUT2D eigenvalue weighted by Crippen LogP contribution is 2.34. The zero-order valence-electron chi connectivity index (χ0n) is 12.6. The van der Waals surface area contributed by atoms with Gasteiger partial charge in [-0.15, -0.1) is 0 Å². The van der Waals surface area contributed by atoms with E-state index in [4.69, 9.17) is 4.74 Å². The highest BCUT2D eigenvalue weighted by Gasteiger charge is 2.39. The van der Waals surface area contributed by atoms with Crippen LogP contribution in [0.1, 0.15) is 43.1 Å². The molecule has 3 fully saturated rings. The summed E-state index contributed by atoms with van der Waals surface area (Å²) in [6.07, 6.45) is 6.39. The molecule has 2 aliphatic heterocycles. The number of likely N-dealkylation sites (tertiary alicyclic amines) is 1. The Morgan fingerprint density at radius 1 is 1.38 bits per heavy atom. The molecule has 4 rings (SSSR count). The van der Waals surface area contributed by atoms with Gasteiger partial charge in [0.25, 0.3) is 5.91 Å². The molecular weight excluding hydrogens is 266 g/mol. The van der Waals surface area contributed by atoms with Crippen molar-refractivity contribution in [3.63, 3.8) is 0 Å². The van der Waals surface area contributed by atoms with Crippen LogP contribution in [-0.2, 0) is 16.1 Å². The average Bonchev–Trinajstić information content (AvgIpc) is 2.94. The average molecular weight is 289 g/mol. The number of rotatable bonds is 4. The number of ether oxygens (including phenoxy) is 1. The van der Waals surface area contributed by atoms with Crippen molar-refractivity contribution in [2.45, 2.75) is 51.2 Å². The molecule has 2 saturated heterocycles. The number of imidazole rings is 1. The molecule has 5 heteroatoms. The van der Waals surface area contributed by atoms with Gasteiger partial charge in [0.05, 0.1) is 5.92 Å². The SMILES string of the molecule is Cc1cnc(C2CN(C(=O)C3CCCO3)C2)n1CC1CC1. The van der Waals surface area contributed by atoms with E-state index < -0.39 is 0 Å². The van der Waals surface area contributed by atoms with E-state index >= 15 is 0 Å². The summed E-state index contributed by atoms with van der Waals surface area (Å²) < 4.78 is 7.86. The molecule has 1 aliphatic carbocycles. The second-order valence-electron chi connectivity index (χ2n) is 6.75. The third-order valence-electron chi connectivity index (χ3n) is 4.99. The van der Waals surface area contributed by atoms with Gasteiger partial charge in [0.1, 0.15) is 11.9 Å². The van der Waals surface area contributed by atoms with Gasteiger partial charge < -0.3 is 14.2 Å². The number of hydrogen-bond donors (Lipinski definition) is 0. The lowest BCUT2D eigenvalue weighted by atomic mass is 9.97. The van der Waals surface area contributed by atoms with E-state index in [0.717, 1.165) is 45.0 Å². The first-order valence-electron chi connectivity index (χ1n) is 8.15. The van der Waals surface area contributed by atoms with E-state index in [1.807, 2.05) is 11.1 Å². The highest BCUT2D eigenvalue weighted by molar-refractivity contribution is 5.82. The van der Waals surface area contributed by atoms with E-state index in [0.29, 0.717) is 5.92 Å². The van der Waals surface area contributed by atoms with Gasteiger partial charge in [0.15, 0.2) is 0 Å². The highest BCUT2D eigenvalue weighted by atomic mass is 16.5. The van der Waals surface area contributed by atoms with Crippen molar-refractivity contribution in [2.24, 2.45) is 5.92 Å². The molecule has 1 saturated carbocycles. The van der Waals surface area contributed by atoms with E-state index in [1.54, 1.807) is 0 Å². The van der Waals surface area contributed by atoms with Gasteiger partial charge in [0.2, 0.25) is 0 Å². The summed E-state index contributed by atoms with van der Waals surface area (Å²) in [6, 6.07) is 0. The molecule has 3 heterocycles. The van der Waals surface area contributed by atoms with Gasteiger partial charge in [0, 0.05) is 38.1 Å².